The van der Waals surface area contributed by atoms with Gasteiger partial charge in [-0.1, -0.05) is 50.2 Å². The summed E-state index contributed by atoms with van der Waals surface area (Å²) in [6.45, 7) is 7.30. The molecular weight excluding hydrogens is 437 g/mol. The van der Waals surface area contributed by atoms with E-state index in [2.05, 4.69) is 5.32 Å². The summed E-state index contributed by atoms with van der Waals surface area (Å²) in [6.07, 6.45) is 0. The van der Waals surface area contributed by atoms with Crippen molar-refractivity contribution in [2.45, 2.75) is 33.9 Å². The van der Waals surface area contributed by atoms with Gasteiger partial charge in [0.25, 0.3) is 0 Å². The van der Waals surface area contributed by atoms with Crippen LogP contribution in [0.3, 0.4) is 0 Å². The summed E-state index contributed by atoms with van der Waals surface area (Å²) < 4.78 is 13.5. The first-order chi connectivity index (χ1) is 15.8. The first kappa shape index (κ1) is 24.5. The maximum Gasteiger partial charge on any atom is 0.322 e. The minimum atomic E-state index is -0.431. The molecule has 0 bridgehead atoms. The van der Waals surface area contributed by atoms with Crippen LogP contribution in [-0.2, 0) is 17.9 Å². The van der Waals surface area contributed by atoms with E-state index in [0.29, 0.717) is 25.3 Å². The average Bonchev–Trinajstić information content (AvgIpc) is 3.18. The molecular formula is C26H30FN3O2S. The van der Waals surface area contributed by atoms with E-state index in [1.165, 1.54) is 28.0 Å². The lowest BCUT2D eigenvalue weighted by atomic mass is 10.2. The first-order valence-corrected chi connectivity index (χ1v) is 11.8. The zero-order valence-electron chi connectivity index (χ0n) is 19.3. The number of thiophene rings is 1. The quantitative estimate of drug-likeness (QED) is 0.425. The van der Waals surface area contributed by atoms with E-state index in [0.717, 1.165) is 10.4 Å². The fraction of sp³-hybridized carbons (Fsp3) is 0.308. The lowest BCUT2D eigenvalue weighted by Crippen LogP contribution is -2.45. The number of amides is 3. The van der Waals surface area contributed by atoms with E-state index in [9.17, 15) is 14.0 Å². The minimum absolute atomic E-state index is 0.0590. The first-order valence-electron chi connectivity index (χ1n) is 11.0. The molecule has 3 amide bonds. The van der Waals surface area contributed by atoms with Gasteiger partial charge >= 0.3 is 6.03 Å². The molecule has 0 saturated carbocycles. The fourth-order valence-corrected chi connectivity index (χ4v) is 4.39. The lowest BCUT2D eigenvalue weighted by molar-refractivity contribution is -0.133. The van der Waals surface area contributed by atoms with Crippen LogP contribution in [0.1, 0.15) is 29.2 Å². The van der Waals surface area contributed by atoms with Crippen molar-refractivity contribution in [1.82, 2.24) is 9.80 Å². The van der Waals surface area contributed by atoms with Crippen molar-refractivity contribution in [3.05, 3.63) is 87.9 Å². The van der Waals surface area contributed by atoms with Crippen molar-refractivity contribution in [2.24, 2.45) is 5.92 Å². The third-order valence-electron chi connectivity index (χ3n) is 4.99. The standard InChI is InChI=1S/C26H30FN3O2S/c1-19(2)15-30(26(32)28-23-11-7-10-22(27)14-23)18-25(31)29(16-21-8-5-4-6-9-21)17-24-13-12-20(3)33-24/h4-14,19H,15-18H2,1-3H3,(H,28,32). The van der Waals surface area contributed by atoms with Gasteiger partial charge in [0, 0.05) is 28.5 Å². The number of nitrogens with one attached hydrogen (secondary N) is 1. The highest BCUT2D eigenvalue weighted by atomic mass is 32.1. The second kappa shape index (κ2) is 11.6. The predicted octanol–water partition coefficient (Wildman–Crippen LogP) is 5.91. The smallest absolute Gasteiger partial charge is 0.322 e. The Kier molecular flexibility index (Phi) is 8.60. The molecule has 0 radical (unpaired) electrons. The van der Waals surface area contributed by atoms with Gasteiger partial charge in [-0.05, 0) is 48.7 Å². The minimum Gasteiger partial charge on any atom is -0.332 e. The molecule has 0 unspecified atom stereocenters. The maximum atomic E-state index is 13.5. The number of anilines is 1. The highest BCUT2D eigenvalue weighted by Gasteiger charge is 2.23. The number of urea groups is 1. The molecule has 0 aliphatic carbocycles. The van der Waals surface area contributed by atoms with Crippen molar-refractivity contribution in [3.8, 4) is 0 Å². The van der Waals surface area contributed by atoms with Crippen LogP contribution in [0.2, 0.25) is 0 Å². The molecule has 2 aromatic carbocycles. The third kappa shape index (κ3) is 7.71. The second-order valence-electron chi connectivity index (χ2n) is 8.46. The molecule has 0 spiro atoms. The molecule has 3 aromatic rings. The van der Waals surface area contributed by atoms with Crippen LogP contribution in [0.4, 0.5) is 14.9 Å². The number of carbonyl (C=O) groups is 2. The molecule has 0 saturated heterocycles. The molecule has 0 fully saturated rings. The third-order valence-corrected chi connectivity index (χ3v) is 5.97. The lowest BCUT2D eigenvalue weighted by Gasteiger charge is -2.29. The number of benzene rings is 2. The van der Waals surface area contributed by atoms with Crippen molar-refractivity contribution >= 4 is 29.0 Å². The van der Waals surface area contributed by atoms with Gasteiger partial charge in [0.15, 0.2) is 0 Å². The van der Waals surface area contributed by atoms with Crippen molar-refractivity contribution in [2.75, 3.05) is 18.4 Å². The summed E-state index contributed by atoms with van der Waals surface area (Å²) in [5.74, 6) is -0.405. The number of aryl methyl sites for hydroxylation is 1. The summed E-state index contributed by atoms with van der Waals surface area (Å²) in [7, 11) is 0. The van der Waals surface area contributed by atoms with Crippen LogP contribution < -0.4 is 5.32 Å². The van der Waals surface area contributed by atoms with Gasteiger partial charge in [-0.3, -0.25) is 4.79 Å². The summed E-state index contributed by atoms with van der Waals surface area (Å²) >= 11 is 1.66. The molecule has 0 atom stereocenters. The number of hydrogen-bond donors (Lipinski definition) is 1. The molecule has 0 aliphatic rings. The van der Waals surface area contributed by atoms with E-state index in [1.54, 1.807) is 22.3 Å². The average molecular weight is 468 g/mol. The van der Waals surface area contributed by atoms with Gasteiger partial charge < -0.3 is 15.1 Å². The van der Waals surface area contributed by atoms with Gasteiger partial charge in [0.05, 0.1) is 6.54 Å². The van der Waals surface area contributed by atoms with E-state index in [4.69, 9.17) is 0 Å². The summed E-state index contributed by atoms with van der Waals surface area (Å²) in [5, 5.41) is 2.71. The summed E-state index contributed by atoms with van der Waals surface area (Å²) in [6, 6.07) is 19.2. The molecule has 5 nitrogen and oxygen atoms in total. The van der Waals surface area contributed by atoms with Crippen LogP contribution in [0.25, 0.3) is 0 Å². The Hall–Kier alpha value is -3.19. The Morgan fingerprint density at radius 2 is 1.73 bits per heavy atom. The highest BCUT2D eigenvalue weighted by molar-refractivity contribution is 7.11. The van der Waals surface area contributed by atoms with Gasteiger partial charge in [-0.25, -0.2) is 9.18 Å². The van der Waals surface area contributed by atoms with E-state index >= 15 is 0 Å². The summed E-state index contributed by atoms with van der Waals surface area (Å²) in [5.41, 5.74) is 1.38. The Balaban J connectivity index is 1.76. The van der Waals surface area contributed by atoms with Crippen molar-refractivity contribution < 1.29 is 14.0 Å². The SMILES string of the molecule is Cc1ccc(CN(Cc2ccccc2)C(=O)CN(CC(C)C)C(=O)Nc2cccc(F)c2)s1. The molecule has 3 rings (SSSR count). The van der Waals surface area contributed by atoms with Crippen molar-refractivity contribution in [1.29, 1.82) is 0 Å². The van der Waals surface area contributed by atoms with Crippen LogP contribution in [0, 0.1) is 18.7 Å². The predicted molar refractivity (Wildman–Crippen MR) is 132 cm³/mol. The fourth-order valence-electron chi connectivity index (χ4n) is 3.49. The zero-order chi connectivity index (χ0) is 23.8. The number of rotatable bonds is 9. The van der Waals surface area contributed by atoms with Crippen LogP contribution in [-0.4, -0.2) is 34.8 Å². The Morgan fingerprint density at radius 1 is 0.970 bits per heavy atom. The van der Waals surface area contributed by atoms with Gasteiger partial charge in [0.1, 0.15) is 12.4 Å². The molecule has 0 aliphatic heterocycles. The van der Waals surface area contributed by atoms with Gasteiger partial charge in [-0.2, -0.15) is 0 Å². The van der Waals surface area contributed by atoms with E-state index in [-0.39, 0.29) is 18.4 Å². The molecule has 7 heteroatoms. The summed E-state index contributed by atoms with van der Waals surface area (Å²) in [4.78, 5) is 31.9. The van der Waals surface area contributed by atoms with E-state index in [1.807, 2.05) is 63.2 Å². The monoisotopic (exact) mass is 467 g/mol. The van der Waals surface area contributed by atoms with E-state index < -0.39 is 11.8 Å². The number of nitrogens with zero attached hydrogens (tertiary/aromatic N) is 2. The topological polar surface area (TPSA) is 52.7 Å². The molecule has 1 heterocycles. The zero-order valence-corrected chi connectivity index (χ0v) is 20.1. The number of hydrogen-bond acceptors (Lipinski definition) is 3. The Morgan fingerprint density at radius 3 is 2.36 bits per heavy atom. The molecule has 33 heavy (non-hydrogen) atoms. The second-order valence-corrected chi connectivity index (χ2v) is 9.84. The normalized spacial score (nSPS) is 10.8. The van der Waals surface area contributed by atoms with Crippen molar-refractivity contribution in [3.63, 3.8) is 0 Å². The Bertz CT molecular complexity index is 1070. The van der Waals surface area contributed by atoms with Gasteiger partial charge in [0.2, 0.25) is 5.91 Å². The highest BCUT2D eigenvalue weighted by Crippen LogP contribution is 2.19. The molecule has 1 N–H and O–H groups in total. The maximum absolute atomic E-state index is 13.5. The number of carbonyl (C=O) groups excluding carboxylic acids is 2. The molecule has 1 aromatic heterocycles. The van der Waals surface area contributed by atoms with Crippen LogP contribution in [0.5, 0.6) is 0 Å². The van der Waals surface area contributed by atoms with Crippen LogP contribution in [0.15, 0.2) is 66.7 Å². The Labute approximate surface area is 198 Å². The molecule has 174 valence electrons. The largest absolute Gasteiger partial charge is 0.332 e. The van der Waals surface area contributed by atoms with Gasteiger partial charge in [-0.15, -0.1) is 11.3 Å². The number of halogens is 1. The van der Waals surface area contributed by atoms with Crippen LogP contribution >= 0.6 is 11.3 Å².